The molecule has 0 radical (unpaired) electrons. The Kier molecular flexibility index (Phi) is 33.1. The molecule has 0 spiro atoms. The van der Waals surface area contributed by atoms with Crippen molar-refractivity contribution in [2.24, 2.45) is 10.2 Å². The molecule has 1 amide bonds. The summed E-state index contributed by atoms with van der Waals surface area (Å²) in [6.45, 7) is 8.56. The monoisotopic (exact) mass is 931 g/mol. The number of quaternary nitrogens is 1. The molecule has 0 unspecified atom stereocenters. The minimum Gasteiger partial charge on any atom is -0.874 e. The van der Waals surface area contributed by atoms with E-state index in [1.54, 1.807) is 12.1 Å². The Labute approximate surface area is 406 Å². The molecule has 0 aliphatic carbocycles. The van der Waals surface area contributed by atoms with Gasteiger partial charge in [-0.05, 0) is 68.1 Å². The molecule has 11 heteroatoms. The van der Waals surface area contributed by atoms with Crippen molar-refractivity contribution in [3.8, 4) is 0 Å². The molecular formula is C56H94N6O5. The number of benzene rings is 2. The summed E-state index contributed by atoms with van der Waals surface area (Å²) in [7, 11) is 4.94. The van der Waals surface area contributed by atoms with Crippen LogP contribution in [0.25, 0.3) is 11.0 Å². The zero-order valence-corrected chi connectivity index (χ0v) is 43.0. The number of aromatic carboxylic acids is 1. The number of azo groups is 1. The van der Waals surface area contributed by atoms with E-state index >= 15 is 0 Å². The number of hydrogen-bond donors (Lipinski definition) is 4. The minimum atomic E-state index is -1.08. The van der Waals surface area contributed by atoms with Crippen LogP contribution in [-0.4, -0.2) is 58.6 Å². The fourth-order valence-corrected chi connectivity index (χ4v) is 8.64. The van der Waals surface area contributed by atoms with Gasteiger partial charge in [0.15, 0.2) is 0 Å². The highest BCUT2D eigenvalue weighted by atomic mass is 16.4. The maximum Gasteiger partial charge on any atom is 0.335 e. The molecule has 3 rings (SSSR count). The molecule has 2 aromatic carbocycles. The third-order valence-corrected chi connectivity index (χ3v) is 12.9. The highest BCUT2D eigenvalue weighted by Gasteiger charge is 2.14. The number of hydrogen-bond acceptors (Lipinski definition) is 6. The molecule has 1 aromatic heterocycles. The number of carbonyl (C=O) groups is 2. The predicted molar refractivity (Wildman–Crippen MR) is 279 cm³/mol. The Balaban J connectivity index is 0.000000482. The van der Waals surface area contributed by atoms with Gasteiger partial charge in [-0.3, -0.25) is 4.79 Å². The molecular weight excluding hydrogens is 837 g/mol. The molecule has 0 atom stereocenters. The molecule has 1 heterocycles. The SMILES string of the molecule is CC([O-])=C(N=Nc1ccc(C(=O)O)cc1)C(=O)Nc1ccc2[nH]c(=O)[nH]c2c1.CCCCCCCCCCCCCCCCCC[N+](C)(C)CCCCCCCCCCCCCCCCCC. The van der Waals surface area contributed by atoms with Crippen molar-refractivity contribution in [2.75, 3.05) is 32.5 Å². The van der Waals surface area contributed by atoms with Gasteiger partial charge in [0, 0.05) is 5.69 Å². The molecule has 378 valence electrons. The van der Waals surface area contributed by atoms with E-state index in [4.69, 9.17) is 5.11 Å². The normalized spacial score (nSPS) is 12.1. The number of aromatic amines is 2. The van der Waals surface area contributed by atoms with Crippen molar-refractivity contribution in [1.29, 1.82) is 0 Å². The van der Waals surface area contributed by atoms with Crippen LogP contribution >= 0.6 is 0 Å². The molecule has 0 aliphatic rings. The highest BCUT2D eigenvalue weighted by Crippen LogP contribution is 2.20. The zero-order valence-electron chi connectivity index (χ0n) is 43.0. The predicted octanol–water partition coefficient (Wildman–Crippen LogP) is 15.5. The van der Waals surface area contributed by atoms with Crippen LogP contribution in [0.3, 0.4) is 0 Å². The van der Waals surface area contributed by atoms with Crippen molar-refractivity contribution < 1.29 is 24.3 Å². The second-order valence-corrected chi connectivity index (χ2v) is 19.7. The highest BCUT2D eigenvalue weighted by molar-refractivity contribution is 6.04. The van der Waals surface area contributed by atoms with Crippen LogP contribution in [0.5, 0.6) is 0 Å². The summed E-state index contributed by atoms with van der Waals surface area (Å²) >= 11 is 0. The summed E-state index contributed by atoms with van der Waals surface area (Å²) < 4.78 is 1.25. The number of fused-ring (bicyclic) bond motifs is 1. The first-order valence-electron chi connectivity index (χ1n) is 26.9. The fourth-order valence-electron chi connectivity index (χ4n) is 8.64. The summed E-state index contributed by atoms with van der Waals surface area (Å²) in [6.07, 6.45) is 46.9. The van der Waals surface area contributed by atoms with E-state index in [9.17, 15) is 19.5 Å². The van der Waals surface area contributed by atoms with Gasteiger partial charge >= 0.3 is 11.7 Å². The van der Waals surface area contributed by atoms with Gasteiger partial charge in [0.05, 0.1) is 49.5 Å². The number of allylic oxidation sites excluding steroid dienone is 1. The lowest BCUT2D eigenvalue weighted by Gasteiger charge is -2.30. The van der Waals surface area contributed by atoms with Gasteiger partial charge in [-0.15, -0.1) is 10.9 Å². The van der Waals surface area contributed by atoms with Crippen LogP contribution in [0.1, 0.15) is 237 Å². The third-order valence-electron chi connectivity index (χ3n) is 12.9. The van der Waals surface area contributed by atoms with Crippen molar-refractivity contribution >= 4 is 34.3 Å². The number of rotatable bonds is 39. The number of carboxylic acid groups (broad SMARTS) is 1. The maximum atomic E-state index is 12.4. The van der Waals surface area contributed by atoms with E-state index in [1.165, 1.54) is 260 Å². The summed E-state index contributed by atoms with van der Waals surface area (Å²) in [6, 6.07) is 10.2. The molecule has 0 fully saturated rings. The van der Waals surface area contributed by atoms with Gasteiger partial charge in [0.1, 0.15) is 5.70 Å². The van der Waals surface area contributed by atoms with Gasteiger partial charge in [0.2, 0.25) is 0 Å². The lowest BCUT2D eigenvalue weighted by molar-refractivity contribution is -0.890. The van der Waals surface area contributed by atoms with Crippen LogP contribution in [0.2, 0.25) is 0 Å². The van der Waals surface area contributed by atoms with Gasteiger partial charge in [-0.1, -0.05) is 201 Å². The molecule has 3 aromatic rings. The molecule has 11 nitrogen and oxygen atoms in total. The van der Waals surface area contributed by atoms with Gasteiger partial charge in [0.25, 0.3) is 5.91 Å². The quantitative estimate of drug-likeness (QED) is 0.0147. The van der Waals surface area contributed by atoms with Crippen molar-refractivity contribution in [1.82, 2.24) is 9.97 Å². The first-order chi connectivity index (χ1) is 32.5. The standard InChI is InChI=1S/C38H80N.C18H15N5O5/c1-5-7-9-11-13-15-17-19-21-23-25-27-29-31-33-35-37-39(3,4)38-36-34-32-30-28-26-24-22-20-18-16-14-12-10-8-6-2;1-9(24)15(23-22-11-4-2-10(3-5-11)17(26)27)16(25)19-12-6-7-13-14(8-12)21-18(28)20-13/h5-38H2,1-4H3;2-8,24H,1H3,(H,19,25)(H,26,27)(H2,20,21,28)/q+1;/p-1. The van der Waals surface area contributed by atoms with Crippen molar-refractivity contribution in [3.63, 3.8) is 0 Å². The van der Waals surface area contributed by atoms with Crippen LogP contribution in [0, 0.1) is 0 Å². The number of aromatic nitrogens is 2. The topological polar surface area (TPSA) is 163 Å². The number of carboxylic acids is 1. The van der Waals surface area contributed by atoms with Gasteiger partial charge in [-0.2, -0.15) is 5.11 Å². The van der Waals surface area contributed by atoms with Gasteiger partial charge in [-0.25, -0.2) is 9.59 Å². The van der Waals surface area contributed by atoms with E-state index in [0.29, 0.717) is 16.7 Å². The lowest BCUT2D eigenvalue weighted by Crippen LogP contribution is -2.41. The minimum absolute atomic E-state index is 0.0747. The molecule has 0 bridgehead atoms. The van der Waals surface area contributed by atoms with Crippen LogP contribution in [0.15, 0.2) is 68.9 Å². The molecule has 0 aliphatic heterocycles. The van der Waals surface area contributed by atoms with E-state index < -0.39 is 23.3 Å². The average Bonchev–Trinajstić information content (AvgIpc) is 3.68. The van der Waals surface area contributed by atoms with E-state index in [2.05, 4.69) is 53.5 Å². The number of amides is 1. The Bertz CT molecular complexity index is 1800. The number of anilines is 1. The third kappa shape index (κ3) is 30.0. The Morgan fingerprint density at radius 2 is 0.940 bits per heavy atom. The zero-order chi connectivity index (χ0) is 48.8. The summed E-state index contributed by atoms with van der Waals surface area (Å²) in [4.78, 5) is 39.6. The lowest BCUT2D eigenvalue weighted by atomic mass is 10.0. The van der Waals surface area contributed by atoms with Crippen LogP contribution < -0.4 is 16.1 Å². The number of nitrogens with one attached hydrogen (secondary N) is 3. The molecule has 0 saturated heterocycles. The molecule has 67 heavy (non-hydrogen) atoms. The Morgan fingerprint density at radius 1 is 0.567 bits per heavy atom. The summed E-state index contributed by atoms with van der Waals surface area (Å²) in [5.41, 5.74) is 0.971. The largest absolute Gasteiger partial charge is 0.874 e. The molecule has 4 N–H and O–H groups in total. The van der Waals surface area contributed by atoms with E-state index in [-0.39, 0.29) is 16.9 Å². The second kappa shape index (κ2) is 37.7. The first kappa shape index (κ1) is 58.9. The smallest absolute Gasteiger partial charge is 0.335 e. The van der Waals surface area contributed by atoms with E-state index in [0.717, 1.165) is 0 Å². The maximum absolute atomic E-state index is 12.4. The second-order valence-electron chi connectivity index (χ2n) is 19.7. The summed E-state index contributed by atoms with van der Waals surface area (Å²) in [5.74, 6) is -2.45. The van der Waals surface area contributed by atoms with Crippen LogP contribution in [-0.2, 0) is 4.79 Å². The number of carbonyl (C=O) groups excluding carboxylic acids is 1. The van der Waals surface area contributed by atoms with Crippen molar-refractivity contribution in [3.05, 3.63) is 70.0 Å². The first-order valence-corrected chi connectivity index (χ1v) is 26.9. The van der Waals surface area contributed by atoms with E-state index in [1.807, 2.05) is 0 Å². The fraction of sp³-hybridized carbons (Fsp3) is 0.696. The van der Waals surface area contributed by atoms with Crippen molar-refractivity contribution in [2.45, 2.75) is 226 Å². The van der Waals surface area contributed by atoms with Gasteiger partial charge < -0.3 is 30.0 Å². The summed E-state index contributed by atoms with van der Waals surface area (Å²) in [5, 5.41) is 30.7. The average molecular weight is 931 g/mol. The van der Waals surface area contributed by atoms with Crippen LogP contribution in [0.4, 0.5) is 11.4 Å². The number of unbranched alkanes of at least 4 members (excludes halogenated alkanes) is 30. The molecule has 0 saturated carbocycles. The Hall–Kier alpha value is -4.25. The number of nitrogens with zero attached hydrogens (tertiary/aromatic N) is 3. The number of imidazole rings is 1. The number of H-pyrrole nitrogens is 2. The Morgan fingerprint density at radius 3 is 1.31 bits per heavy atom.